The van der Waals surface area contributed by atoms with E-state index in [0.29, 0.717) is 17.7 Å². The fourth-order valence-corrected chi connectivity index (χ4v) is 3.43. The minimum atomic E-state index is -0.155. The molecule has 2 amide bonds. The van der Waals surface area contributed by atoms with Crippen molar-refractivity contribution in [3.05, 3.63) is 35.4 Å². The largest absolute Gasteiger partial charge is 0.376 e. The highest BCUT2D eigenvalue weighted by atomic mass is 16.5. The summed E-state index contributed by atoms with van der Waals surface area (Å²) in [5, 5.41) is 5.98. The Morgan fingerprint density at radius 2 is 1.75 bits per heavy atom. The van der Waals surface area contributed by atoms with Crippen LogP contribution in [0.3, 0.4) is 0 Å². The van der Waals surface area contributed by atoms with E-state index in [4.69, 9.17) is 4.74 Å². The van der Waals surface area contributed by atoms with E-state index in [1.807, 2.05) is 0 Å². The van der Waals surface area contributed by atoms with Gasteiger partial charge in [-0.1, -0.05) is 25.3 Å². The van der Waals surface area contributed by atoms with Gasteiger partial charge in [-0.15, -0.1) is 0 Å². The van der Waals surface area contributed by atoms with Gasteiger partial charge in [-0.05, 0) is 43.9 Å². The van der Waals surface area contributed by atoms with Crippen LogP contribution in [0.25, 0.3) is 0 Å². The van der Waals surface area contributed by atoms with Gasteiger partial charge in [0.05, 0.1) is 6.10 Å². The zero-order valence-electron chi connectivity index (χ0n) is 14.1. The molecule has 0 radical (unpaired) electrons. The van der Waals surface area contributed by atoms with E-state index in [-0.39, 0.29) is 24.0 Å². The molecule has 1 aromatic rings. The third kappa shape index (κ3) is 4.57. The molecule has 1 heterocycles. The number of rotatable bonds is 5. The zero-order chi connectivity index (χ0) is 16.8. The van der Waals surface area contributed by atoms with Crippen molar-refractivity contribution in [2.45, 2.75) is 57.1 Å². The second kappa shape index (κ2) is 8.29. The van der Waals surface area contributed by atoms with E-state index >= 15 is 0 Å². The predicted octanol–water partition coefficient (Wildman–Crippen LogP) is 2.66. The van der Waals surface area contributed by atoms with Crippen LogP contribution in [0.5, 0.6) is 0 Å². The number of benzene rings is 1. The van der Waals surface area contributed by atoms with Crippen LogP contribution in [0, 0.1) is 0 Å². The molecule has 3 rings (SSSR count). The smallest absolute Gasteiger partial charge is 0.251 e. The average molecular weight is 330 g/mol. The molecule has 2 aliphatic rings. The standard InChI is InChI=1S/C19H26N2O3/c22-18(20-13-17-10-5-11-24-17)14-6-4-7-15(12-14)19(23)21-16-8-2-1-3-9-16/h4,6-7,12,16-17H,1-3,5,8-11,13H2,(H,20,22)(H,21,23). The lowest BCUT2D eigenvalue weighted by atomic mass is 9.95. The lowest BCUT2D eigenvalue weighted by molar-refractivity contribution is 0.0857. The average Bonchev–Trinajstić information content (AvgIpc) is 3.14. The highest BCUT2D eigenvalue weighted by Crippen LogP contribution is 2.18. The van der Waals surface area contributed by atoms with Crippen molar-refractivity contribution in [3.8, 4) is 0 Å². The van der Waals surface area contributed by atoms with Crippen molar-refractivity contribution in [3.63, 3.8) is 0 Å². The second-order valence-corrected chi connectivity index (χ2v) is 6.73. The Balaban J connectivity index is 1.55. The molecule has 1 aromatic carbocycles. The maximum atomic E-state index is 12.4. The Bertz CT molecular complexity index is 576. The first-order valence-corrected chi connectivity index (χ1v) is 9.03. The summed E-state index contributed by atoms with van der Waals surface area (Å²) in [4.78, 5) is 24.7. The van der Waals surface area contributed by atoms with Crippen LogP contribution in [0.15, 0.2) is 24.3 Å². The molecule has 130 valence electrons. The zero-order valence-corrected chi connectivity index (χ0v) is 14.1. The summed E-state index contributed by atoms with van der Waals surface area (Å²) >= 11 is 0. The first-order chi connectivity index (χ1) is 11.7. The molecule has 2 N–H and O–H groups in total. The summed E-state index contributed by atoms with van der Waals surface area (Å²) in [6.07, 6.45) is 7.87. The van der Waals surface area contributed by atoms with E-state index in [0.717, 1.165) is 32.3 Å². The minimum absolute atomic E-state index is 0.0873. The maximum Gasteiger partial charge on any atom is 0.251 e. The number of nitrogens with one attached hydrogen (secondary N) is 2. The van der Waals surface area contributed by atoms with Crippen molar-refractivity contribution in [1.29, 1.82) is 0 Å². The molecule has 5 nitrogen and oxygen atoms in total. The topological polar surface area (TPSA) is 67.4 Å². The van der Waals surface area contributed by atoms with Crippen LogP contribution in [0.4, 0.5) is 0 Å². The third-order valence-electron chi connectivity index (χ3n) is 4.84. The van der Waals surface area contributed by atoms with E-state index in [2.05, 4.69) is 10.6 Å². The molecular formula is C19H26N2O3. The van der Waals surface area contributed by atoms with Crippen LogP contribution in [0.1, 0.15) is 65.7 Å². The van der Waals surface area contributed by atoms with Gasteiger partial charge in [0.15, 0.2) is 0 Å². The van der Waals surface area contributed by atoms with Crippen LogP contribution in [-0.4, -0.2) is 37.1 Å². The molecule has 2 fully saturated rings. The van der Waals surface area contributed by atoms with E-state index in [1.165, 1.54) is 19.3 Å². The van der Waals surface area contributed by atoms with Gasteiger partial charge in [0.2, 0.25) is 0 Å². The number of carbonyl (C=O) groups is 2. The summed E-state index contributed by atoms with van der Waals surface area (Å²) in [6.45, 7) is 1.30. The first kappa shape index (κ1) is 17.0. The molecule has 1 unspecified atom stereocenters. The van der Waals surface area contributed by atoms with E-state index < -0.39 is 0 Å². The van der Waals surface area contributed by atoms with Gasteiger partial charge < -0.3 is 15.4 Å². The third-order valence-corrected chi connectivity index (χ3v) is 4.84. The Kier molecular flexibility index (Phi) is 5.86. The second-order valence-electron chi connectivity index (χ2n) is 6.73. The van der Waals surface area contributed by atoms with Crippen LogP contribution < -0.4 is 10.6 Å². The number of hydrogen-bond acceptors (Lipinski definition) is 3. The maximum absolute atomic E-state index is 12.4. The molecule has 1 aliphatic heterocycles. The monoisotopic (exact) mass is 330 g/mol. The van der Waals surface area contributed by atoms with Gasteiger partial charge in [0.25, 0.3) is 11.8 Å². The SMILES string of the molecule is O=C(NCC1CCCO1)c1cccc(C(=O)NC2CCCCC2)c1. The minimum Gasteiger partial charge on any atom is -0.376 e. The van der Waals surface area contributed by atoms with Crippen LogP contribution in [-0.2, 0) is 4.74 Å². The number of amides is 2. The highest BCUT2D eigenvalue weighted by molar-refractivity contribution is 5.99. The Morgan fingerprint density at radius 1 is 1.00 bits per heavy atom. The van der Waals surface area contributed by atoms with Gasteiger partial charge in [0.1, 0.15) is 0 Å². The van der Waals surface area contributed by atoms with Gasteiger partial charge in [-0.3, -0.25) is 9.59 Å². The fraction of sp³-hybridized carbons (Fsp3) is 0.579. The van der Waals surface area contributed by atoms with Gasteiger partial charge in [-0.25, -0.2) is 0 Å². The fourth-order valence-electron chi connectivity index (χ4n) is 3.43. The van der Waals surface area contributed by atoms with Crippen molar-refractivity contribution >= 4 is 11.8 Å². The van der Waals surface area contributed by atoms with Gasteiger partial charge in [-0.2, -0.15) is 0 Å². The molecule has 5 heteroatoms. The molecular weight excluding hydrogens is 304 g/mol. The Labute approximate surface area is 143 Å². The summed E-state index contributed by atoms with van der Waals surface area (Å²) in [5.41, 5.74) is 1.06. The summed E-state index contributed by atoms with van der Waals surface area (Å²) in [5.74, 6) is -0.242. The summed E-state index contributed by atoms with van der Waals surface area (Å²) in [6, 6.07) is 7.19. The van der Waals surface area contributed by atoms with Gasteiger partial charge >= 0.3 is 0 Å². The predicted molar refractivity (Wildman–Crippen MR) is 92.1 cm³/mol. The molecule has 1 atom stereocenters. The lowest BCUT2D eigenvalue weighted by Gasteiger charge is -2.22. The normalized spacial score (nSPS) is 21.4. The first-order valence-electron chi connectivity index (χ1n) is 9.03. The molecule has 0 bridgehead atoms. The lowest BCUT2D eigenvalue weighted by Crippen LogP contribution is -2.36. The Hall–Kier alpha value is -1.88. The number of hydrogen-bond donors (Lipinski definition) is 2. The van der Waals surface area contributed by atoms with E-state index in [9.17, 15) is 9.59 Å². The van der Waals surface area contributed by atoms with Crippen LogP contribution in [0.2, 0.25) is 0 Å². The van der Waals surface area contributed by atoms with Crippen molar-refractivity contribution < 1.29 is 14.3 Å². The highest BCUT2D eigenvalue weighted by Gasteiger charge is 2.19. The summed E-state index contributed by atoms with van der Waals surface area (Å²) in [7, 11) is 0. The van der Waals surface area contributed by atoms with Crippen LogP contribution >= 0.6 is 0 Å². The molecule has 1 saturated heterocycles. The summed E-state index contributed by atoms with van der Waals surface area (Å²) < 4.78 is 5.51. The molecule has 1 aliphatic carbocycles. The van der Waals surface area contributed by atoms with E-state index in [1.54, 1.807) is 24.3 Å². The van der Waals surface area contributed by atoms with Crippen molar-refractivity contribution in [2.24, 2.45) is 0 Å². The number of carbonyl (C=O) groups excluding carboxylic acids is 2. The molecule has 0 aromatic heterocycles. The Morgan fingerprint density at radius 3 is 2.46 bits per heavy atom. The van der Waals surface area contributed by atoms with Gasteiger partial charge in [0, 0.05) is 30.3 Å². The van der Waals surface area contributed by atoms with Crippen molar-refractivity contribution in [2.75, 3.05) is 13.2 Å². The quantitative estimate of drug-likeness (QED) is 0.872. The molecule has 24 heavy (non-hydrogen) atoms. The number of ether oxygens (including phenoxy) is 1. The molecule has 1 saturated carbocycles. The molecule has 0 spiro atoms. The van der Waals surface area contributed by atoms with Crippen molar-refractivity contribution in [1.82, 2.24) is 10.6 Å².